The van der Waals surface area contributed by atoms with Crippen LogP contribution in [-0.4, -0.2) is 42.5 Å². The van der Waals surface area contributed by atoms with Gasteiger partial charge in [-0.15, -0.1) is 0 Å². The number of nitrogens with one attached hydrogen (secondary N) is 1. The molecule has 5 nitrogen and oxygen atoms in total. The van der Waals surface area contributed by atoms with E-state index in [9.17, 15) is 9.59 Å². The largest absolute Gasteiger partial charge is 0.467 e. The average Bonchev–Trinajstić information content (AvgIpc) is 3.16. The zero-order valence-electron chi connectivity index (χ0n) is 15.6. The molecule has 2 aromatic carbocycles. The number of hydrogen-bond donors (Lipinski definition) is 1. The topological polar surface area (TPSA) is 58.6 Å². The zero-order valence-corrected chi connectivity index (χ0v) is 15.6. The molecule has 1 fully saturated rings. The second-order valence-corrected chi connectivity index (χ2v) is 6.87. The van der Waals surface area contributed by atoms with Crippen LogP contribution >= 0.6 is 0 Å². The van der Waals surface area contributed by atoms with Crippen LogP contribution in [0.2, 0.25) is 0 Å². The molecule has 1 N–H and O–H groups in total. The van der Waals surface area contributed by atoms with Crippen LogP contribution in [0.25, 0.3) is 0 Å². The Morgan fingerprint density at radius 2 is 1.67 bits per heavy atom. The van der Waals surface area contributed by atoms with Crippen LogP contribution in [0.3, 0.4) is 0 Å². The number of methoxy groups -OCH3 is 1. The van der Waals surface area contributed by atoms with Crippen LogP contribution in [0, 0.1) is 0 Å². The monoisotopic (exact) mass is 366 g/mol. The number of benzene rings is 2. The summed E-state index contributed by atoms with van der Waals surface area (Å²) >= 11 is 0. The third kappa shape index (κ3) is 5.17. The van der Waals surface area contributed by atoms with Crippen LogP contribution in [0.15, 0.2) is 60.7 Å². The van der Waals surface area contributed by atoms with Crippen molar-refractivity contribution in [2.45, 2.75) is 37.9 Å². The highest BCUT2D eigenvalue weighted by Crippen LogP contribution is 2.21. The Hall–Kier alpha value is -2.66. The summed E-state index contributed by atoms with van der Waals surface area (Å²) < 4.78 is 4.93. The molecule has 2 atom stereocenters. The quantitative estimate of drug-likeness (QED) is 0.765. The minimum atomic E-state index is -0.508. The maximum absolute atomic E-state index is 12.8. The van der Waals surface area contributed by atoms with Gasteiger partial charge in [0.05, 0.1) is 7.11 Å². The minimum Gasteiger partial charge on any atom is -0.467 e. The normalized spacial score (nSPS) is 19.1. The lowest BCUT2D eigenvalue weighted by Crippen LogP contribution is -2.41. The van der Waals surface area contributed by atoms with Crippen molar-refractivity contribution in [1.29, 1.82) is 0 Å². The first-order chi connectivity index (χ1) is 13.2. The Balaban J connectivity index is 1.59. The molecule has 1 heterocycles. The van der Waals surface area contributed by atoms with Gasteiger partial charge >= 0.3 is 5.97 Å². The molecular weight excluding hydrogens is 340 g/mol. The van der Waals surface area contributed by atoms with Crippen molar-refractivity contribution in [3.8, 4) is 0 Å². The van der Waals surface area contributed by atoms with Gasteiger partial charge in [-0.25, -0.2) is 4.79 Å². The second kappa shape index (κ2) is 9.33. The van der Waals surface area contributed by atoms with Gasteiger partial charge in [0.25, 0.3) is 0 Å². The van der Waals surface area contributed by atoms with Crippen molar-refractivity contribution in [1.82, 2.24) is 10.2 Å². The Kier molecular flexibility index (Phi) is 6.60. The molecular formula is C22H26N2O3. The molecule has 0 unspecified atom stereocenters. The second-order valence-electron chi connectivity index (χ2n) is 6.87. The van der Waals surface area contributed by atoms with E-state index < -0.39 is 6.04 Å². The van der Waals surface area contributed by atoms with Crippen LogP contribution < -0.4 is 5.32 Å². The third-order valence-electron chi connectivity index (χ3n) is 5.00. The molecule has 1 aliphatic rings. The van der Waals surface area contributed by atoms with E-state index in [4.69, 9.17) is 4.74 Å². The van der Waals surface area contributed by atoms with Gasteiger partial charge < -0.3 is 15.0 Å². The van der Waals surface area contributed by atoms with Crippen LogP contribution in [-0.2, 0) is 27.3 Å². The molecule has 0 aromatic heterocycles. The Morgan fingerprint density at radius 3 is 2.30 bits per heavy atom. The standard InChI is InChI=1S/C22H26N2O3/c1-27-22(26)20-14-19(23-15-18-10-6-3-7-11-18)16-24(20)21(25)13-12-17-8-4-2-5-9-17/h2-11,19-20,23H,12-16H2,1H3/t19-,20+/m1/s1. The SMILES string of the molecule is COC(=O)[C@@H]1C[C@@H](NCc2ccccc2)CN1C(=O)CCc1ccccc1. The lowest BCUT2D eigenvalue weighted by Gasteiger charge is -2.22. The van der Waals surface area contributed by atoms with E-state index in [-0.39, 0.29) is 17.9 Å². The third-order valence-corrected chi connectivity index (χ3v) is 5.00. The minimum absolute atomic E-state index is 0.00161. The molecule has 0 spiro atoms. The molecule has 1 saturated heterocycles. The number of ether oxygens (including phenoxy) is 1. The summed E-state index contributed by atoms with van der Waals surface area (Å²) in [5.74, 6) is -0.342. The lowest BCUT2D eigenvalue weighted by atomic mass is 10.1. The van der Waals surface area contributed by atoms with E-state index in [2.05, 4.69) is 17.4 Å². The predicted octanol–water partition coefficient (Wildman–Crippen LogP) is 2.55. The molecule has 1 amide bonds. The summed E-state index contributed by atoms with van der Waals surface area (Å²) in [6, 6.07) is 19.6. The van der Waals surface area contributed by atoms with Crippen LogP contribution in [0.5, 0.6) is 0 Å². The van der Waals surface area contributed by atoms with Crippen molar-refractivity contribution < 1.29 is 14.3 Å². The number of esters is 1. The van der Waals surface area contributed by atoms with E-state index in [1.165, 1.54) is 12.7 Å². The molecule has 0 saturated carbocycles. The summed E-state index contributed by atoms with van der Waals surface area (Å²) in [6.07, 6.45) is 1.64. The maximum Gasteiger partial charge on any atom is 0.328 e. The zero-order chi connectivity index (χ0) is 19.1. The number of hydrogen-bond acceptors (Lipinski definition) is 4. The number of likely N-dealkylation sites (tertiary alicyclic amines) is 1. The molecule has 5 heteroatoms. The predicted molar refractivity (Wildman–Crippen MR) is 104 cm³/mol. The van der Waals surface area contributed by atoms with Gasteiger partial charge in [-0.2, -0.15) is 0 Å². The molecule has 0 radical (unpaired) electrons. The average molecular weight is 366 g/mol. The summed E-state index contributed by atoms with van der Waals surface area (Å²) in [4.78, 5) is 26.6. The lowest BCUT2D eigenvalue weighted by molar-refractivity contribution is -0.150. The first-order valence-electron chi connectivity index (χ1n) is 9.36. The highest BCUT2D eigenvalue weighted by Gasteiger charge is 2.39. The fraction of sp³-hybridized carbons (Fsp3) is 0.364. The molecule has 0 bridgehead atoms. The van der Waals surface area contributed by atoms with E-state index in [1.807, 2.05) is 48.5 Å². The highest BCUT2D eigenvalue weighted by atomic mass is 16.5. The smallest absolute Gasteiger partial charge is 0.328 e. The fourth-order valence-electron chi connectivity index (χ4n) is 3.52. The van der Waals surface area contributed by atoms with Gasteiger partial charge in [0.15, 0.2) is 0 Å². The first kappa shape index (κ1) is 19.1. The number of amides is 1. The van der Waals surface area contributed by atoms with Gasteiger partial charge in [-0.3, -0.25) is 4.79 Å². The molecule has 2 aromatic rings. The fourth-order valence-corrected chi connectivity index (χ4v) is 3.52. The van der Waals surface area contributed by atoms with Gasteiger partial charge in [0, 0.05) is 25.6 Å². The summed E-state index contributed by atoms with van der Waals surface area (Å²) in [6.45, 7) is 1.24. The number of carbonyl (C=O) groups is 2. The van der Waals surface area contributed by atoms with Gasteiger partial charge in [-0.1, -0.05) is 60.7 Å². The Bertz CT molecular complexity index is 749. The Labute approximate surface area is 160 Å². The van der Waals surface area contributed by atoms with Crippen molar-refractivity contribution in [2.75, 3.05) is 13.7 Å². The Morgan fingerprint density at radius 1 is 1.04 bits per heavy atom. The van der Waals surface area contributed by atoms with Crippen LogP contribution in [0.4, 0.5) is 0 Å². The molecule has 0 aliphatic carbocycles. The van der Waals surface area contributed by atoms with Gasteiger partial charge in [0.1, 0.15) is 6.04 Å². The van der Waals surface area contributed by atoms with Crippen molar-refractivity contribution in [3.63, 3.8) is 0 Å². The number of carbonyl (C=O) groups excluding carboxylic acids is 2. The molecule has 142 valence electrons. The van der Waals surface area contributed by atoms with Gasteiger partial charge in [0.2, 0.25) is 5.91 Å². The number of nitrogens with zero attached hydrogens (tertiary/aromatic N) is 1. The number of rotatable bonds is 7. The molecule has 3 rings (SSSR count). The van der Waals surface area contributed by atoms with Crippen molar-refractivity contribution in [3.05, 3.63) is 71.8 Å². The maximum atomic E-state index is 12.8. The van der Waals surface area contributed by atoms with Crippen LogP contribution in [0.1, 0.15) is 24.0 Å². The first-order valence-corrected chi connectivity index (χ1v) is 9.36. The van der Waals surface area contributed by atoms with Gasteiger partial charge in [-0.05, 0) is 24.0 Å². The van der Waals surface area contributed by atoms with E-state index in [1.54, 1.807) is 4.90 Å². The summed E-state index contributed by atoms with van der Waals surface area (Å²) in [7, 11) is 1.37. The van der Waals surface area contributed by atoms with E-state index in [0.717, 1.165) is 5.56 Å². The van der Waals surface area contributed by atoms with Crippen molar-refractivity contribution >= 4 is 11.9 Å². The highest BCUT2D eigenvalue weighted by molar-refractivity contribution is 5.85. The van der Waals surface area contributed by atoms with E-state index in [0.29, 0.717) is 32.4 Å². The number of aryl methyl sites for hydroxylation is 1. The summed E-state index contributed by atoms with van der Waals surface area (Å²) in [5, 5.41) is 3.46. The molecule has 1 aliphatic heterocycles. The van der Waals surface area contributed by atoms with Crippen molar-refractivity contribution in [2.24, 2.45) is 0 Å². The summed E-state index contributed by atoms with van der Waals surface area (Å²) in [5.41, 5.74) is 2.30. The molecule has 27 heavy (non-hydrogen) atoms. The van der Waals surface area contributed by atoms with E-state index >= 15 is 0 Å².